The Morgan fingerprint density at radius 2 is 1.59 bits per heavy atom. The highest BCUT2D eigenvalue weighted by atomic mass is 16.5. The maximum absolute atomic E-state index is 13.4. The zero-order valence-corrected chi connectivity index (χ0v) is 16.1. The molecule has 2 aliphatic heterocycles. The molecular weight excluding hydrogens is 370 g/mol. The normalized spacial score (nSPS) is 17.1. The Morgan fingerprint density at radius 1 is 0.931 bits per heavy atom. The van der Waals surface area contributed by atoms with Gasteiger partial charge in [0.1, 0.15) is 5.70 Å². The van der Waals surface area contributed by atoms with Crippen LogP contribution in [0.15, 0.2) is 60.3 Å². The molecule has 148 valence electrons. The zero-order chi connectivity index (χ0) is 20.4. The first-order valence-corrected chi connectivity index (χ1v) is 9.45. The zero-order valence-electron chi connectivity index (χ0n) is 16.1. The number of imide groups is 1. The van der Waals surface area contributed by atoms with Crippen LogP contribution >= 0.6 is 0 Å². The highest BCUT2D eigenvalue weighted by Crippen LogP contribution is 2.35. The van der Waals surface area contributed by atoms with Gasteiger partial charge >= 0.3 is 0 Å². The molecule has 0 atom stereocenters. The number of rotatable bonds is 4. The van der Waals surface area contributed by atoms with E-state index in [1.165, 1.54) is 11.8 Å². The molecule has 2 aromatic carbocycles. The van der Waals surface area contributed by atoms with Gasteiger partial charge in [-0.25, -0.2) is 4.90 Å². The van der Waals surface area contributed by atoms with Crippen molar-refractivity contribution in [1.82, 2.24) is 4.90 Å². The van der Waals surface area contributed by atoms with Crippen molar-refractivity contribution in [3.63, 3.8) is 0 Å². The summed E-state index contributed by atoms with van der Waals surface area (Å²) in [6.07, 6.45) is 0. The monoisotopic (exact) mass is 391 g/mol. The lowest BCUT2D eigenvalue weighted by Gasteiger charge is -2.29. The summed E-state index contributed by atoms with van der Waals surface area (Å²) in [5, 5.41) is 2.68. The smallest absolute Gasteiger partial charge is 0.282 e. The van der Waals surface area contributed by atoms with Crippen LogP contribution in [-0.4, -0.2) is 48.9 Å². The highest BCUT2D eigenvalue weighted by molar-refractivity contribution is 6.45. The van der Waals surface area contributed by atoms with Gasteiger partial charge in [0.05, 0.1) is 24.5 Å². The standard InChI is InChI=1S/C22H21N3O4/c1-15(26)23-17-7-9-18(10-8-17)25-21(27)19(16-5-3-2-4-6-16)20(22(25)28)24-11-13-29-14-12-24/h2-10H,11-14H2,1H3,(H,23,26). The van der Waals surface area contributed by atoms with Crippen molar-refractivity contribution in [2.24, 2.45) is 0 Å². The van der Waals surface area contributed by atoms with Crippen LogP contribution < -0.4 is 10.2 Å². The molecule has 2 aliphatic rings. The summed E-state index contributed by atoms with van der Waals surface area (Å²) >= 11 is 0. The van der Waals surface area contributed by atoms with Gasteiger partial charge in [0.15, 0.2) is 0 Å². The molecule has 0 spiro atoms. The van der Waals surface area contributed by atoms with Crippen LogP contribution in [0.3, 0.4) is 0 Å². The summed E-state index contributed by atoms with van der Waals surface area (Å²) in [6.45, 7) is 3.56. The van der Waals surface area contributed by atoms with Crippen LogP contribution in [0.25, 0.3) is 5.57 Å². The van der Waals surface area contributed by atoms with Crippen molar-refractivity contribution in [3.8, 4) is 0 Å². The second-order valence-corrected chi connectivity index (χ2v) is 6.86. The minimum Gasteiger partial charge on any atom is -0.378 e. The van der Waals surface area contributed by atoms with Gasteiger partial charge in [-0.2, -0.15) is 0 Å². The Kier molecular flexibility index (Phi) is 5.14. The first-order chi connectivity index (χ1) is 14.1. The highest BCUT2D eigenvalue weighted by Gasteiger charge is 2.42. The van der Waals surface area contributed by atoms with Crippen LogP contribution in [0.2, 0.25) is 0 Å². The number of nitrogens with zero attached hydrogens (tertiary/aromatic N) is 2. The van der Waals surface area contributed by atoms with Gasteiger partial charge in [-0.1, -0.05) is 30.3 Å². The number of nitrogens with one attached hydrogen (secondary N) is 1. The summed E-state index contributed by atoms with van der Waals surface area (Å²) < 4.78 is 5.41. The lowest BCUT2D eigenvalue weighted by atomic mass is 10.0. The molecule has 1 fully saturated rings. The molecule has 7 heteroatoms. The predicted molar refractivity (Wildman–Crippen MR) is 109 cm³/mol. The van der Waals surface area contributed by atoms with E-state index in [9.17, 15) is 14.4 Å². The number of hydrogen-bond donors (Lipinski definition) is 1. The fraction of sp³-hybridized carbons (Fsp3) is 0.227. The average Bonchev–Trinajstić information content (AvgIpc) is 3.00. The Balaban J connectivity index is 1.73. The van der Waals surface area contributed by atoms with Crippen molar-refractivity contribution in [1.29, 1.82) is 0 Å². The second-order valence-electron chi connectivity index (χ2n) is 6.86. The lowest BCUT2D eigenvalue weighted by molar-refractivity contribution is -0.121. The van der Waals surface area contributed by atoms with Crippen molar-refractivity contribution in [2.75, 3.05) is 36.5 Å². The van der Waals surface area contributed by atoms with E-state index in [2.05, 4.69) is 5.32 Å². The largest absolute Gasteiger partial charge is 0.378 e. The molecule has 2 heterocycles. The molecule has 1 N–H and O–H groups in total. The van der Waals surface area contributed by atoms with Crippen LogP contribution in [0, 0.1) is 0 Å². The number of carbonyl (C=O) groups excluding carboxylic acids is 3. The van der Waals surface area contributed by atoms with E-state index < -0.39 is 0 Å². The summed E-state index contributed by atoms with van der Waals surface area (Å²) in [5.41, 5.74) is 2.60. The minimum absolute atomic E-state index is 0.186. The molecule has 0 bridgehead atoms. The number of ether oxygens (including phenoxy) is 1. The maximum atomic E-state index is 13.4. The Bertz CT molecular complexity index is 977. The number of hydrogen-bond acceptors (Lipinski definition) is 5. The summed E-state index contributed by atoms with van der Waals surface area (Å²) in [4.78, 5) is 41.1. The number of carbonyl (C=O) groups is 3. The van der Waals surface area contributed by atoms with Crippen molar-refractivity contribution >= 4 is 34.7 Å². The quantitative estimate of drug-likeness (QED) is 0.809. The second kappa shape index (κ2) is 7.89. The molecule has 0 unspecified atom stereocenters. The fourth-order valence-electron chi connectivity index (χ4n) is 3.60. The van der Waals surface area contributed by atoms with Crippen LogP contribution in [-0.2, 0) is 19.1 Å². The molecular formula is C22H21N3O4. The van der Waals surface area contributed by atoms with Crippen molar-refractivity contribution < 1.29 is 19.1 Å². The molecule has 0 radical (unpaired) electrons. The number of amides is 3. The van der Waals surface area contributed by atoms with Gasteiger partial charge in [0.2, 0.25) is 5.91 Å². The van der Waals surface area contributed by atoms with Gasteiger partial charge in [0, 0.05) is 25.7 Å². The van der Waals surface area contributed by atoms with Gasteiger partial charge in [0.25, 0.3) is 11.8 Å². The Labute approximate surface area is 168 Å². The SMILES string of the molecule is CC(=O)Nc1ccc(N2C(=O)C(c3ccccc3)=C(N3CCOCC3)C2=O)cc1. The first kappa shape index (κ1) is 18.9. The van der Waals surface area contributed by atoms with Gasteiger partial charge in [-0.3, -0.25) is 14.4 Å². The number of morpholine rings is 1. The lowest BCUT2D eigenvalue weighted by Crippen LogP contribution is -2.40. The summed E-state index contributed by atoms with van der Waals surface area (Å²) in [5.74, 6) is -0.883. The molecule has 4 rings (SSSR count). The topological polar surface area (TPSA) is 79.0 Å². The van der Waals surface area contributed by atoms with E-state index in [4.69, 9.17) is 4.74 Å². The number of anilines is 2. The summed E-state index contributed by atoms with van der Waals surface area (Å²) in [7, 11) is 0. The van der Waals surface area contributed by atoms with Crippen LogP contribution in [0.5, 0.6) is 0 Å². The molecule has 0 aliphatic carbocycles. The molecule has 0 aromatic heterocycles. The number of benzene rings is 2. The summed E-state index contributed by atoms with van der Waals surface area (Å²) in [6, 6.07) is 15.9. The van der Waals surface area contributed by atoms with Crippen molar-refractivity contribution in [3.05, 3.63) is 65.9 Å². The average molecular weight is 391 g/mol. The maximum Gasteiger partial charge on any atom is 0.282 e. The Morgan fingerprint density at radius 3 is 2.21 bits per heavy atom. The van der Waals surface area contributed by atoms with E-state index in [1.54, 1.807) is 24.3 Å². The van der Waals surface area contributed by atoms with E-state index in [1.807, 2.05) is 35.2 Å². The third-order valence-electron chi connectivity index (χ3n) is 4.90. The van der Waals surface area contributed by atoms with Crippen LogP contribution in [0.1, 0.15) is 12.5 Å². The molecule has 29 heavy (non-hydrogen) atoms. The van der Waals surface area contributed by atoms with E-state index in [-0.39, 0.29) is 17.7 Å². The van der Waals surface area contributed by atoms with E-state index in [0.717, 1.165) is 0 Å². The fourth-order valence-corrected chi connectivity index (χ4v) is 3.60. The van der Waals surface area contributed by atoms with Gasteiger partial charge < -0.3 is 15.0 Å². The third-order valence-corrected chi connectivity index (χ3v) is 4.90. The first-order valence-electron chi connectivity index (χ1n) is 9.45. The van der Waals surface area contributed by atoms with Gasteiger partial charge in [-0.15, -0.1) is 0 Å². The molecule has 1 saturated heterocycles. The minimum atomic E-state index is -0.352. The van der Waals surface area contributed by atoms with E-state index in [0.29, 0.717) is 54.5 Å². The molecule has 2 aromatic rings. The van der Waals surface area contributed by atoms with E-state index >= 15 is 0 Å². The Hall–Kier alpha value is -3.45. The van der Waals surface area contributed by atoms with Crippen molar-refractivity contribution in [2.45, 2.75) is 6.92 Å². The van der Waals surface area contributed by atoms with Gasteiger partial charge in [-0.05, 0) is 29.8 Å². The third kappa shape index (κ3) is 3.64. The van der Waals surface area contributed by atoms with Crippen LogP contribution in [0.4, 0.5) is 11.4 Å². The molecule has 7 nitrogen and oxygen atoms in total. The predicted octanol–water partition coefficient (Wildman–Crippen LogP) is 2.26. The molecule has 3 amide bonds. The molecule has 0 saturated carbocycles.